The minimum atomic E-state index is 0.753. The molecule has 0 aliphatic carbocycles. The second kappa shape index (κ2) is 7.52. The van der Waals surface area contributed by atoms with Crippen LogP contribution in [0.3, 0.4) is 0 Å². The Kier molecular flexibility index (Phi) is 5.75. The highest BCUT2D eigenvalue weighted by atomic mass is 15.5. The van der Waals surface area contributed by atoms with Crippen molar-refractivity contribution >= 4 is 6.21 Å². The van der Waals surface area contributed by atoms with Crippen molar-refractivity contribution in [3.05, 3.63) is 0 Å². The minimum absolute atomic E-state index is 0.753. The molecule has 13 heavy (non-hydrogen) atoms. The molecule has 0 fully saturated rings. The van der Waals surface area contributed by atoms with Crippen LogP contribution in [0.1, 0.15) is 38.5 Å². The molecule has 0 unspecified atom stereocenters. The lowest BCUT2D eigenvalue weighted by Crippen LogP contribution is -1.82. The fourth-order valence-electron chi connectivity index (χ4n) is 1.16. The highest BCUT2D eigenvalue weighted by Gasteiger charge is 1.90. The van der Waals surface area contributed by atoms with Gasteiger partial charge < -0.3 is 0 Å². The van der Waals surface area contributed by atoms with E-state index in [0.29, 0.717) is 0 Å². The van der Waals surface area contributed by atoms with Crippen LogP contribution in [0, 0.1) is 0 Å². The van der Waals surface area contributed by atoms with Crippen LogP contribution in [0.2, 0.25) is 0 Å². The number of rotatable bonds is 0. The molecule has 0 radical (unpaired) electrons. The predicted octanol–water partition coefficient (Wildman–Crippen LogP) is 3.15. The molecule has 5 heteroatoms. The normalized spacial score (nSPS) is 22.8. The van der Waals surface area contributed by atoms with E-state index in [9.17, 15) is 0 Å². The standard InChI is InChI=1S/C8H15N5/c1-2-4-6-8-10-12-13-11-9-7-5-3-1/h7H,1-6,8H2/b9-7?,12-10?,13-11-. The molecular formula is C8H15N5. The van der Waals surface area contributed by atoms with Gasteiger partial charge in [-0.25, -0.2) is 0 Å². The Balaban J connectivity index is 2.29. The summed E-state index contributed by atoms with van der Waals surface area (Å²) in [4.78, 5) is 0. The Labute approximate surface area is 78.0 Å². The van der Waals surface area contributed by atoms with Crippen LogP contribution >= 0.6 is 0 Å². The van der Waals surface area contributed by atoms with E-state index >= 15 is 0 Å². The van der Waals surface area contributed by atoms with Crippen LogP contribution in [0.5, 0.6) is 0 Å². The SMILES string of the molecule is C1=N/N=N\N=NCCCCCCC1. The van der Waals surface area contributed by atoms with Gasteiger partial charge in [0, 0.05) is 6.21 Å². The summed E-state index contributed by atoms with van der Waals surface area (Å²) in [6.07, 6.45) is 8.81. The zero-order valence-electron chi connectivity index (χ0n) is 7.76. The van der Waals surface area contributed by atoms with Gasteiger partial charge in [-0.2, -0.15) is 5.11 Å². The lowest BCUT2D eigenvalue weighted by Gasteiger charge is -1.96. The molecule has 1 aliphatic heterocycles. The van der Waals surface area contributed by atoms with Gasteiger partial charge in [-0.05, 0) is 34.9 Å². The molecule has 1 heterocycles. The van der Waals surface area contributed by atoms with E-state index in [2.05, 4.69) is 25.9 Å². The number of hydrogen-bond acceptors (Lipinski definition) is 5. The lowest BCUT2D eigenvalue weighted by molar-refractivity contribution is 0.622. The van der Waals surface area contributed by atoms with Crippen LogP contribution in [0.4, 0.5) is 0 Å². The van der Waals surface area contributed by atoms with Crippen LogP contribution in [-0.2, 0) is 0 Å². The number of hydrogen-bond donors (Lipinski definition) is 0. The molecule has 0 N–H and O–H groups in total. The first-order valence-electron chi connectivity index (χ1n) is 4.78. The third-order valence-electron chi connectivity index (χ3n) is 1.87. The molecular weight excluding hydrogens is 166 g/mol. The third-order valence-corrected chi connectivity index (χ3v) is 1.87. The number of nitrogens with zero attached hydrogens (tertiary/aromatic N) is 5. The Morgan fingerprint density at radius 1 is 0.769 bits per heavy atom. The summed E-state index contributed by atoms with van der Waals surface area (Å²) in [7, 11) is 0. The minimum Gasteiger partial charge on any atom is -0.167 e. The molecule has 0 spiro atoms. The summed E-state index contributed by atoms with van der Waals surface area (Å²) in [5.74, 6) is 0. The van der Waals surface area contributed by atoms with Gasteiger partial charge in [0.25, 0.3) is 0 Å². The summed E-state index contributed by atoms with van der Waals surface area (Å²) in [5, 5.41) is 17.9. The van der Waals surface area contributed by atoms with Gasteiger partial charge in [-0.15, -0.1) is 5.10 Å². The predicted molar refractivity (Wildman–Crippen MR) is 50.8 cm³/mol. The zero-order valence-corrected chi connectivity index (χ0v) is 7.76. The maximum absolute atomic E-state index is 3.83. The molecule has 1 rings (SSSR count). The second-order valence-electron chi connectivity index (χ2n) is 2.99. The van der Waals surface area contributed by atoms with E-state index in [4.69, 9.17) is 0 Å². The Hall–Kier alpha value is -1.13. The fourth-order valence-corrected chi connectivity index (χ4v) is 1.16. The molecule has 0 atom stereocenters. The van der Waals surface area contributed by atoms with Gasteiger partial charge in [-0.3, -0.25) is 0 Å². The first kappa shape index (κ1) is 9.95. The summed E-state index contributed by atoms with van der Waals surface area (Å²) >= 11 is 0. The monoisotopic (exact) mass is 181 g/mol. The Morgan fingerprint density at radius 3 is 2.62 bits per heavy atom. The molecule has 0 amide bonds. The molecule has 5 nitrogen and oxygen atoms in total. The Morgan fingerprint density at radius 2 is 1.62 bits per heavy atom. The topological polar surface area (TPSA) is 61.8 Å². The van der Waals surface area contributed by atoms with Crippen molar-refractivity contribution in [2.75, 3.05) is 6.54 Å². The van der Waals surface area contributed by atoms with Crippen LogP contribution < -0.4 is 0 Å². The van der Waals surface area contributed by atoms with Crippen LogP contribution in [0.25, 0.3) is 0 Å². The maximum atomic E-state index is 3.83. The van der Waals surface area contributed by atoms with Crippen molar-refractivity contribution in [1.29, 1.82) is 0 Å². The summed E-state index contributed by atoms with van der Waals surface area (Å²) in [6.45, 7) is 0.753. The van der Waals surface area contributed by atoms with Crippen LogP contribution in [-0.4, -0.2) is 12.8 Å². The average molecular weight is 181 g/mol. The first-order chi connectivity index (χ1) is 6.50. The van der Waals surface area contributed by atoms with E-state index < -0.39 is 0 Å². The largest absolute Gasteiger partial charge is 0.167 e. The molecule has 0 bridgehead atoms. The first-order valence-corrected chi connectivity index (χ1v) is 4.78. The molecule has 0 aromatic heterocycles. The third kappa shape index (κ3) is 6.07. The summed E-state index contributed by atoms with van der Waals surface area (Å²) in [6, 6.07) is 0. The highest BCUT2D eigenvalue weighted by Crippen LogP contribution is 2.05. The molecule has 72 valence electrons. The van der Waals surface area contributed by atoms with Crippen molar-refractivity contribution in [2.45, 2.75) is 38.5 Å². The van der Waals surface area contributed by atoms with Gasteiger partial charge >= 0.3 is 0 Å². The maximum Gasteiger partial charge on any atom is 0.0621 e. The van der Waals surface area contributed by atoms with Gasteiger partial charge in [0.15, 0.2) is 0 Å². The van der Waals surface area contributed by atoms with Gasteiger partial charge in [-0.1, -0.05) is 19.3 Å². The van der Waals surface area contributed by atoms with Crippen molar-refractivity contribution in [3.8, 4) is 0 Å². The van der Waals surface area contributed by atoms with Gasteiger partial charge in [0.2, 0.25) is 0 Å². The molecule has 0 saturated carbocycles. The summed E-state index contributed by atoms with van der Waals surface area (Å²) in [5.41, 5.74) is 0. The molecule has 0 aromatic carbocycles. The van der Waals surface area contributed by atoms with E-state index in [1.807, 2.05) is 0 Å². The smallest absolute Gasteiger partial charge is 0.0621 e. The van der Waals surface area contributed by atoms with Crippen molar-refractivity contribution in [3.63, 3.8) is 0 Å². The van der Waals surface area contributed by atoms with E-state index in [1.165, 1.54) is 25.7 Å². The fraction of sp³-hybridized carbons (Fsp3) is 0.875. The van der Waals surface area contributed by atoms with E-state index in [-0.39, 0.29) is 0 Å². The second-order valence-corrected chi connectivity index (χ2v) is 2.99. The van der Waals surface area contributed by atoms with Gasteiger partial charge in [0.1, 0.15) is 0 Å². The highest BCUT2D eigenvalue weighted by molar-refractivity contribution is 5.56. The quantitative estimate of drug-likeness (QED) is 0.551. The van der Waals surface area contributed by atoms with Crippen molar-refractivity contribution < 1.29 is 0 Å². The molecule has 0 aromatic rings. The van der Waals surface area contributed by atoms with E-state index in [0.717, 1.165) is 19.4 Å². The van der Waals surface area contributed by atoms with E-state index in [1.54, 1.807) is 6.21 Å². The van der Waals surface area contributed by atoms with Gasteiger partial charge in [0.05, 0.1) is 6.54 Å². The molecule has 0 saturated heterocycles. The van der Waals surface area contributed by atoms with Crippen LogP contribution in [0.15, 0.2) is 25.9 Å². The summed E-state index contributed by atoms with van der Waals surface area (Å²) < 4.78 is 0. The van der Waals surface area contributed by atoms with Crippen molar-refractivity contribution in [2.24, 2.45) is 25.9 Å². The Bertz CT molecular complexity index is 177. The zero-order chi connectivity index (χ0) is 9.19. The average Bonchev–Trinajstić information content (AvgIpc) is 2.18. The molecule has 1 aliphatic rings. The lowest BCUT2D eigenvalue weighted by atomic mass is 10.1. The van der Waals surface area contributed by atoms with Crippen molar-refractivity contribution in [1.82, 2.24) is 0 Å².